The second-order valence-corrected chi connectivity index (χ2v) is 3.72. The van der Waals surface area contributed by atoms with E-state index in [4.69, 9.17) is 5.11 Å². The molecule has 1 amide bonds. The number of hydrogen-bond donors (Lipinski definition) is 2. The number of aromatic nitrogens is 1. The molecule has 4 heteroatoms. The molecule has 0 aromatic carbocycles. The Kier molecular flexibility index (Phi) is 5.50. The highest BCUT2D eigenvalue weighted by Gasteiger charge is 2.05. The SMILES string of the molecule is Cc1cccnc1CC(=O)NCCCCO. The highest BCUT2D eigenvalue weighted by atomic mass is 16.2. The molecular formula is C12H18N2O2. The molecule has 16 heavy (non-hydrogen) atoms. The summed E-state index contributed by atoms with van der Waals surface area (Å²) in [6, 6.07) is 3.80. The van der Waals surface area contributed by atoms with Gasteiger partial charge in [0.25, 0.3) is 0 Å². The van der Waals surface area contributed by atoms with Crippen LogP contribution in [0.5, 0.6) is 0 Å². The Morgan fingerprint density at radius 2 is 2.31 bits per heavy atom. The monoisotopic (exact) mass is 222 g/mol. The molecule has 1 rings (SSSR count). The second kappa shape index (κ2) is 6.95. The Morgan fingerprint density at radius 1 is 1.50 bits per heavy atom. The molecule has 0 aliphatic heterocycles. The number of aryl methyl sites for hydroxylation is 1. The van der Waals surface area contributed by atoms with Crippen molar-refractivity contribution in [3.63, 3.8) is 0 Å². The first kappa shape index (κ1) is 12.6. The predicted molar refractivity (Wildman–Crippen MR) is 62.0 cm³/mol. The number of nitrogens with zero attached hydrogens (tertiary/aromatic N) is 1. The molecular weight excluding hydrogens is 204 g/mol. The molecule has 0 bridgehead atoms. The van der Waals surface area contributed by atoms with E-state index >= 15 is 0 Å². The fraction of sp³-hybridized carbons (Fsp3) is 0.500. The topological polar surface area (TPSA) is 62.2 Å². The molecule has 1 heterocycles. The van der Waals surface area contributed by atoms with Gasteiger partial charge in [-0.25, -0.2) is 0 Å². The molecule has 0 unspecified atom stereocenters. The number of aliphatic hydroxyl groups excluding tert-OH is 1. The first-order valence-electron chi connectivity index (χ1n) is 5.52. The third kappa shape index (κ3) is 4.40. The first-order chi connectivity index (χ1) is 7.74. The van der Waals surface area contributed by atoms with Crippen LogP contribution in [0.25, 0.3) is 0 Å². The summed E-state index contributed by atoms with van der Waals surface area (Å²) in [5.74, 6) is -0.0141. The third-order valence-corrected chi connectivity index (χ3v) is 2.35. The minimum atomic E-state index is -0.0141. The molecule has 2 N–H and O–H groups in total. The fourth-order valence-electron chi connectivity index (χ4n) is 1.38. The van der Waals surface area contributed by atoms with Crippen LogP contribution in [0.1, 0.15) is 24.1 Å². The summed E-state index contributed by atoms with van der Waals surface area (Å²) in [6.07, 6.45) is 3.56. The standard InChI is InChI=1S/C12H18N2O2/c1-10-5-4-7-13-11(10)9-12(16)14-6-2-3-8-15/h4-5,7,15H,2-3,6,8-9H2,1H3,(H,14,16). The number of aliphatic hydroxyl groups is 1. The lowest BCUT2D eigenvalue weighted by Crippen LogP contribution is -2.26. The highest BCUT2D eigenvalue weighted by molar-refractivity contribution is 5.78. The van der Waals surface area contributed by atoms with Crippen molar-refractivity contribution in [3.8, 4) is 0 Å². The third-order valence-electron chi connectivity index (χ3n) is 2.35. The van der Waals surface area contributed by atoms with Crippen molar-refractivity contribution >= 4 is 5.91 Å². The van der Waals surface area contributed by atoms with Gasteiger partial charge in [-0.2, -0.15) is 0 Å². The summed E-state index contributed by atoms with van der Waals surface area (Å²) in [7, 11) is 0. The van der Waals surface area contributed by atoms with Gasteiger partial charge in [-0.3, -0.25) is 9.78 Å². The van der Waals surface area contributed by atoms with Gasteiger partial charge in [-0.1, -0.05) is 6.07 Å². The lowest BCUT2D eigenvalue weighted by molar-refractivity contribution is -0.120. The molecule has 4 nitrogen and oxygen atoms in total. The van der Waals surface area contributed by atoms with Gasteiger partial charge >= 0.3 is 0 Å². The number of unbranched alkanes of at least 4 members (excludes halogenated alkanes) is 1. The van der Waals surface area contributed by atoms with Crippen LogP contribution in [0.2, 0.25) is 0 Å². The lowest BCUT2D eigenvalue weighted by Gasteiger charge is -2.05. The summed E-state index contributed by atoms with van der Waals surface area (Å²) >= 11 is 0. The van der Waals surface area contributed by atoms with Gasteiger partial charge in [0.15, 0.2) is 0 Å². The maximum Gasteiger partial charge on any atom is 0.226 e. The summed E-state index contributed by atoms with van der Waals surface area (Å²) in [5, 5.41) is 11.4. The van der Waals surface area contributed by atoms with E-state index in [2.05, 4.69) is 10.3 Å². The molecule has 0 atom stereocenters. The van der Waals surface area contributed by atoms with Crippen molar-refractivity contribution in [2.75, 3.05) is 13.2 Å². The maximum absolute atomic E-state index is 11.5. The fourth-order valence-corrected chi connectivity index (χ4v) is 1.38. The van der Waals surface area contributed by atoms with Crippen LogP contribution in [-0.2, 0) is 11.2 Å². The molecule has 0 radical (unpaired) electrons. The molecule has 0 spiro atoms. The Hall–Kier alpha value is -1.42. The molecule has 88 valence electrons. The number of pyridine rings is 1. The van der Waals surface area contributed by atoms with Crippen LogP contribution < -0.4 is 5.32 Å². The second-order valence-electron chi connectivity index (χ2n) is 3.72. The van der Waals surface area contributed by atoms with Gasteiger partial charge in [0.2, 0.25) is 5.91 Å². The van der Waals surface area contributed by atoms with Crippen LogP contribution in [-0.4, -0.2) is 29.1 Å². The molecule has 0 aliphatic rings. The van der Waals surface area contributed by atoms with Crippen molar-refractivity contribution < 1.29 is 9.90 Å². The Balaban J connectivity index is 2.32. The maximum atomic E-state index is 11.5. The van der Waals surface area contributed by atoms with Crippen molar-refractivity contribution in [2.45, 2.75) is 26.2 Å². The van der Waals surface area contributed by atoms with Crippen LogP contribution >= 0.6 is 0 Å². The summed E-state index contributed by atoms with van der Waals surface area (Å²) in [4.78, 5) is 15.7. The van der Waals surface area contributed by atoms with E-state index in [1.54, 1.807) is 6.20 Å². The zero-order valence-corrected chi connectivity index (χ0v) is 9.57. The van der Waals surface area contributed by atoms with Gasteiger partial charge in [0.1, 0.15) is 0 Å². The van der Waals surface area contributed by atoms with E-state index in [1.807, 2.05) is 19.1 Å². The summed E-state index contributed by atoms with van der Waals surface area (Å²) < 4.78 is 0. The van der Waals surface area contributed by atoms with E-state index < -0.39 is 0 Å². The Labute approximate surface area is 95.7 Å². The number of nitrogens with one attached hydrogen (secondary N) is 1. The lowest BCUT2D eigenvalue weighted by atomic mass is 10.1. The van der Waals surface area contributed by atoms with Gasteiger partial charge in [0.05, 0.1) is 12.1 Å². The number of amides is 1. The van der Waals surface area contributed by atoms with Crippen molar-refractivity contribution in [2.24, 2.45) is 0 Å². The predicted octanol–water partition coefficient (Wildman–Crippen LogP) is 0.821. The van der Waals surface area contributed by atoms with Gasteiger partial charge < -0.3 is 10.4 Å². The van der Waals surface area contributed by atoms with E-state index in [9.17, 15) is 4.79 Å². The number of carbonyl (C=O) groups excluding carboxylic acids is 1. The van der Waals surface area contributed by atoms with Crippen LogP contribution in [0.3, 0.4) is 0 Å². The summed E-state index contributed by atoms with van der Waals surface area (Å²) in [6.45, 7) is 2.74. The average Bonchev–Trinajstić information content (AvgIpc) is 2.28. The number of hydrogen-bond acceptors (Lipinski definition) is 3. The molecule has 0 aliphatic carbocycles. The van der Waals surface area contributed by atoms with Crippen LogP contribution in [0.4, 0.5) is 0 Å². The smallest absolute Gasteiger partial charge is 0.226 e. The Morgan fingerprint density at radius 3 is 3.00 bits per heavy atom. The molecule has 0 saturated heterocycles. The van der Waals surface area contributed by atoms with E-state index in [0.29, 0.717) is 13.0 Å². The normalized spacial score (nSPS) is 10.1. The number of carbonyl (C=O) groups is 1. The van der Waals surface area contributed by atoms with E-state index in [1.165, 1.54) is 0 Å². The highest BCUT2D eigenvalue weighted by Crippen LogP contribution is 2.03. The first-order valence-corrected chi connectivity index (χ1v) is 5.52. The Bertz CT molecular complexity index is 340. The van der Waals surface area contributed by atoms with Crippen molar-refractivity contribution in [1.29, 1.82) is 0 Å². The minimum Gasteiger partial charge on any atom is -0.396 e. The average molecular weight is 222 g/mol. The molecule has 0 saturated carbocycles. The minimum absolute atomic E-state index is 0.0141. The molecule has 1 aromatic heterocycles. The van der Waals surface area contributed by atoms with Gasteiger partial charge in [0, 0.05) is 19.3 Å². The zero-order valence-electron chi connectivity index (χ0n) is 9.57. The van der Waals surface area contributed by atoms with E-state index in [0.717, 1.165) is 24.1 Å². The molecule has 1 aromatic rings. The van der Waals surface area contributed by atoms with Crippen molar-refractivity contribution in [3.05, 3.63) is 29.6 Å². The van der Waals surface area contributed by atoms with Gasteiger partial charge in [-0.05, 0) is 31.4 Å². The zero-order chi connectivity index (χ0) is 11.8. The largest absolute Gasteiger partial charge is 0.396 e. The number of rotatable bonds is 6. The molecule has 0 fully saturated rings. The van der Waals surface area contributed by atoms with Gasteiger partial charge in [-0.15, -0.1) is 0 Å². The van der Waals surface area contributed by atoms with Crippen LogP contribution in [0.15, 0.2) is 18.3 Å². The van der Waals surface area contributed by atoms with E-state index in [-0.39, 0.29) is 12.5 Å². The quantitative estimate of drug-likeness (QED) is 0.700. The summed E-state index contributed by atoms with van der Waals surface area (Å²) in [5.41, 5.74) is 1.86. The van der Waals surface area contributed by atoms with Crippen LogP contribution in [0, 0.1) is 6.92 Å². The van der Waals surface area contributed by atoms with Crippen molar-refractivity contribution in [1.82, 2.24) is 10.3 Å².